The molecule has 21 heavy (non-hydrogen) atoms. The number of hydrogen-bond donors (Lipinski definition) is 1. The van der Waals surface area contributed by atoms with Crippen molar-refractivity contribution in [2.45, 2.75) is 57.7 Å². The van der Waals surface area contributed by atoms with Crippen LogP contribution in [0.3, 0.4) is 0 Å². The molecule has 4 nitrogen and oxygen atoms in total. The Balaban J connectivity index is 1.83. The fraction of sp³-hybridized carbons (Fsp3) is 0.588. The van der Waals surface area contributed by atoms with Crippen molar-refractivity contribution in [3.8, 4) is 5.75 Å². The first-order chi connectivity index (χ1) is 9.96. The van der Waals surface area contributed by atoms with Gasteiger partial charge in [-0.2, -0.15) is 0 Å². The second kappa shape index (κ2) is 5.34. The van der Waals surface area contributed by atoms with E-state index in [1.165, 1.54) is 5.56 Å². The molecule has 1 atom stereocenters. The van der Waals surface area contributed by atoms with Gasteiger partial charge in [0.15, 0.2) is 0 Å². The van der Waals surface area contributed by atoms with E-state index in [-0.39, 0.29) is 11.6 Å². The lowest BCUT2D eigenvalue weighted by molar-refractivity contribution is -0.144. The molecule has 4 heteroatoms. The number of carbonyl (C=O) groups is 1. The van der Waals surface area contributed by atoms with Crippen molar-refractivity contribution in [1.82, 2.24) is 4.90 Å². The van der Waals surface area contributed by atoms with E-state index in [1.54, 1.807) is 0 Å². The van der Waals surface area contributed by atoms with Crippen LogP contribution >= 0.6 is 0 Å². The Morgan fingerprint density at radius 1 is 1.43 bits per heavy atom. The second-order valence-corrected chi connectivity index (χ2v) is 6.76. The minimum absolute atomic E-state index is 0.160. The Morgan fingerprint density at radius 2 is 2.24 bits per heavy atom. The first-order valence-electron chi connectivity index (χ1n) is 7.73. The molecule has 1 saturated heterocycles. The van der Waals surface area contributed by atoms with Crippen molar-refractivity contribution in [3.63, 3.8) is 0 Å². The summed E-state index contributed by atoms with van der Waals surface area (Å²) in [5.74, 6) is 0.265. The SMILES string of the molecule is CC1(C)Cc2cccc(CN3CCCCC3C(=O)O)c2O1. The highest BCUT2D eigenvalue weighted by Gasteiger charge is 2.33. The van der Waals surface area contributed by atoms with Gasteiger partial charge in [-0.25, -0.2) is 0 Å². The summed E-state index contributed by atoms with van der Waals surface area (Å²) in [5, 5.41) is 9.39. The molecule has 0 spiro atoms. The quantitative estimate of drug-likeness (QED) is 0.929. The van der Waals surface area contributed by atoms with Crippen LogP contribution in [0, 0.1) is 0 Å². The van der Waals surface area contributed by atoms with Crippen LogP contribution in [0.1, 0.15) is 44.2 Å². The molecule has 0 aromatic heterocycles. The summed E-state index contributed by atoms with van der Waals surface area (Å²) in [6, 6.07) is 5.87. The van der Waals surface area contributed by atoms with Gasteiger partial charge in [0.25, 0.3) is 0 Å². The molecule has 1 fully saturated rings. The summed E-state index contributed by atoms with van der Waals surface area (Å²) < 4.78 is 6.09. The lowest BCUT2D eigenvalue weighted by atomic mass is 9.98. The summed E-state index contributed by atoms with van der Waals surface area (Å²) in [6.45, 7) is 5.70. The molecule has 0 amide bonds. The van der Waals surface area contributed by atoms with Crippen LogP contribution in [-0.2, 0) is 17.8 Å². The third-order valence-corrected chi connectivity index (χ3v) is 4.44. The number of carboxylic acids is 1. The number of aliphatic carboxylic acids is 1. The van der Waals surface area contributed by atoms with E-state index in [4.69, 9.17) is 4.74 Å². The van der Waals surface area contributed by atoms with Gasteiger partial charge in [-0.05, 0) is 38.8 Å². The molecule has 114 valence electrons. The minimum Gasteiger partial charge on any atom is -0.487 e. The van der Waals surface area contributed by atoms with E-state index >= 15 is 0 Å². The van der Waals surface area contributed by atoms with Gasteiger partial charge in [0, 0.05) is 18.5 Å². The van der Waals surface area contributed by atoms with Gasteiger partial charge in [0.05, 0.1) is 0 Å². The molecule has 1 aromatic carbocycles. The van der Waals surface area contributed by atoms with Gasteiger partial charge in [0.2, 0.25) is 0 Å². The van der Waals surface area contributed by atoms with Gasteiger partial charge in [-0.1, -0.05) is 24.6 Å². The number of piperidine rings is 1. The van der Waals surface area contributed by atoms with Gasteiger partial charge in [-0.15, -0.1) is 0 Å². The molecule has 0 radical (unpaired) electrons. The number of rotatable bonds is 3. The van der Waals surface area contributed by atoms with Crippen LogP contribution in [-0.4, -0.2) is 34.2 Å². The van der Waals surface area contributed by atoms with Crippen molar-refractivity contribution < 1.29 is 14.6 Å². The van der Waals surface area contributed by atoms with Crippen molar-refractivity contribution >= 4 is 5.97 Å². The maximum atomic E-state index is 11.4. The normalized spacial score (nSPS) is 24.4. The predicted molar refractivity (Wildman–Crippen MR) is 80.5 cm³/mol. The zero-order valence-electron chi connectivity index (χ0n) is 12.8. The monoisotopic (exact) mass is 289 g/mol. The highest BCUT2D eigenvalue weighted by molar-refractivity contribution is 5.73. The number of carboxylic acid groups (broad SMARTS) is 1. The summed E-state index contributed by atoms with van der Waals surface area (Å²) in [4.78, 5) is 13.5. The lowest BCUT2D eigenvalue weighted by Crippen LogP contribution is -2.44. The number of hydrogen-bond acceptors (Lipinski definition) is 3. The highest BCUT2D eigenvalue weighted by atomic mass is 16.5. The molecular formula is C17H23NO3. The topological polar surface area (TPSA) is 49.8 Å². The highest BCUT2D eigenvalue weighted by Crippen LogP contribution is 2.38. The maximum absolute atomic E-state index is 11.4. The summed E-state index contributed by atoms with van der Waals surface area (Å²) in [5.41, 5.74) is 2.19. The smallest absolute Gasteiger partial charge is 0.320 e. The van der Waals surface area contributed by atoms with E-state index in [0.29, 0.717) is 6.54 Å². The Hall–Kier alpha value is -1.55. The molecule has 0 bridgehead atoms. The fourth-order valence-corrected chi connectivity index (χ4v) is 3.48. The first kappa shape index (κ1) is 14.4. The van der Waals surface area contributed by atoms with Crippen LogP contribution in [0.5, 0.6) is 5.75 Å². The molecule has 3 rings (SSSR count). The number of likely N-dealkylation sites (tertiary alicyclic amines) is 1. The van der Waals surface area contributed by atoms with Crippen LogP contribution in [0.25, 0.3) is 0 Å². The van der Waals surface area contributed by atoms with E-state index in [2.05, 4.69) is 36.9 Å². The second-order valence-electron chi connectivity index (χ2n) is 6.76. The Kier molecular flexibility index (Phi) is 3.66. The van der Waals surface area contributed by atoms with Crippen LogP contribution in [0.4, 0.5) is 0 Å². The summed E-state index contributed by atoms with van der Waals surface area (Å²) in [6.07, 6.45) is 3.74. The molecule has 2 heterocycles. The number of ether oxygens (including phenoxy) is 1. The third-order valence-electron chi connectivity index (χ3n) is 4.44. The van der Waals surface area contributed by atoms with Crippen molar-refractivity contribution in [2.75, 3.05) is 6.54 Å². The zero-order valence-corrected chi connectivity index (χ0v) is 12.8. The Bertz CT molecular complexity index is 553. The predicted octanol–water partition coefficient (Wildman–Crippen LogP) is 2.84. The van der Waals surface area contributed by atoms with Gasteiger partial charge in [-0.3, -0.25) is 9.69 Å². The van der Waals surface area contributed by atoms with Gasteiger partial charge < -0.3 is 9.84 Å². The average Bonchev–Trinajstić information content (AvgIpc) is 2.74. The summed E-state index contributed by atoms with van der Waals surface area (Å²) in [7, 11) is 0. The molecule has 2 aliphatic heterocycles. The number of nitrogens with zero attached hydrogens (tertiary/aromatic N) is 1. The largest absolute Gasteiger partial charge is 0.487 e. The molecule has 1 unspecified atom stereocenters. The van der Waals surface area contributed by atoms with Crippen LogP contribution in [0.15, 0.2) is 18.2 Å². The van der Waals surface area contributed by atoms with E-state index < -0.39 is 5.97 Å². The van der Waals surface area contributed by atoms with E-state index in [9.17, 15) is 9.90 Å². The number of para-hydroxylation sites is 1. The minimum atomic E-state index is -0.705. The van der Waals surface area contributed by atoms with Crippen molar-refractivity contribution in [1.29, 1.82) is 0 Å². The van der Waals surface area contributed by atoms with Crippen molar-refractivity contribution in [3.05, 3.63) is 29.3 Å². The van der Waals surface area contributed by atoms with Gasteiger partial charge in [0.1, 0.15) is 17.4 Å². The maximum Gasteiger partial charge on any atom is 0.320 e. The molecular weight excluding hydrogens is 266 g/mol. The zero-order chi connectivity index (χ0) is 15.0. The molecule has 2 aliphatic rings. The average molecular weight is 289 g/mol. The molecule has 0 aliphatic carbocycles. The Morgan fingerprint density at radius 3 is 3.00 bits per heavy atom. The number of fused-ring (bicyclic) bond motifs is 1. The van der Waals surface area contributed by atoms with E-state index in [0.717, 1.165) is 43.5 Å². The molecule has 0 saturated carbocycles. The molecule has 1 N–H and O–H groups in total. The summed E-state index contributed by atoms with van der Waals surface area (Å²) >= 11 is 0. The first-order valence-corrected chi connectivity index (χ1v) is 7.73. The van der Waals surface area contributed by atoms with Crippen molar-refractivity contribution in [2.24, 2.45) is 0 Å². The number of benzene rings is 1. The van der Waals surface area contributed by atoms with Crippen LogP contribution < -0.4 is 4.74 Å². The van der Waals surface area contributed by atoms with Crippen LogP contribution in [0.2, 0.25) is 0 Å². The Labute approximate surface area is 125 Å². The van der Waals surface area contributed by atoms with Gasteiger partial charge >= 0.3 is 5.97 Å². The third kappa shape index (κ3) is 2.91. The van der Waals surface area contributed by atoms with E-state index in [1.807, 2.05) is 0 Å². The molecule has 1 aromatic rings. The standard InChI is InChI=1S/C17H23NO3/c1-17(2)10-12-6-5-7-13(15(12)21-17)11-18-9-4-3-8-14(18)16(19)20/h5-7,14H,3-4,8-11H2,1-2H3,(H,19,20). The lowest BCUT2D eigenvalue weighted by Gasteiger charge is -2.33. The fourth-order valence-electron chi connectivity index (χ4n) is 3.48.